The number of hydrogen-bond acceptors (Lipinski definition) is 4. The monoisotopic (exact) mass is 435 g/mol. The lowest BCUT2D eigenvalue weighted by Gasteiger charge is -2.36. The number of carbonyl (C=O) groups excluding carboxylic acids is 2. The van der Waals surface area contributed by atoms with E-state index in [2.05, 4.69) is 5.32 Å². The molecule has 2 aromatic rings. The number of pyridine rings is 1. The first-order valence-corrected chi connectivity index (χ1v) is 9.88. The van der Waals surface area contributed by atoms with Crippen LogP contribution in [0.15, 0.2) is 23.1 Å². The minimum absolute atomic E-state index is 0.122. The Hall–Kier alpha value is -3.30. The van der Waals surface area contributed by atoms with Crippen molar-refractivity contribution in [3.63, 3.8) is 0 Å². The van der Waals surface area contributed by atoms with Gasteiger partial charge in [0, 0.05) is 43.5 Å². The summed E-state index contributed by atoms with van der Waals surface area (Å²) < 4.78 is 42.1. The summed E-state index contributed by atoms with van der Waals surface area (Å²) in [4.78, 5) is 39.6. The number of halogens is 3. The molecule has 2 atom stereocenters. The van der Waals surface area contributed by atoms with Crippen LogP contribution in [-0.4, -0.2) is 39.5 Å². The van der Waals surface area contributed by atoms with Crippen LogP contribution in [-0.2, 0) is 6.54 Å². The van der Waals surface area contributed by atoms with Gasteiger partial charge in [-0.2, -0.15) is 0 Å². The summed E-state index contributed by atoms with van der Waals surface area (Å²) in [6.45, 7) is 2.26. The molecule has 2 aliphatic heterocycles. The number of nitrogens with zero attached hydrogens (tertiary/aromatic N) is 2. The molecule has 1 saturated heterocycles. The average Bonchev–Trinajstić information content (AvgIpc) is 2.87. The van der Waals surface area contributed by atoms with Crippen LogP contribution >= 0.6 is 0 Å². The number of amides is 2. The lowest BCUT2D eigenvalue weighted by molar-refractivity contribution is 0.0662. The molecule has 0 spiro atoms. The number of nitrogens with one attached hydrogen (secondary N) is 1. The molecule has 2 bridgehead atoms. The van der Waals surface area contributed by atoms with E-state index in [9.17, 15) is 32.7 Å². The molecule has 4 rings (SSSR count). The van der Waals surface area contributed by atoms with Gasteiger partial charge in [0.1, 0.15) is 23.0 Å². The summed E-state index contributed by atoms with van der Waals surface area (Å²) in [5.41, 5.74) is -2.24. The number of fused-ring (bicyclic) bond motifs is 4. The smallest absolute Gasteiger partial charge is 0.274 e. The van der Waals surface area contributed by atoms with E-state index in [1.165, 1.54) is 10.8 Å². The molecule has 0 radical (unpaired) electrons. The number of rotatable bonds is 3. The first-order valence-electron chi connectivity index (χ1n) is 9.88. The topological polar surface area (TPSA) is 91.6 Å². The zero-order valence-corrected chi connectivity index (χ0v) is 16.6. The fourth-order valence-corrected chi connectivity index (χ4v) is 4.25. The van der Waals surface area contributed by atoms with E-state index < -0.39 is 58.1 Å². The number of carbonyl (C=O) groups is 2. The summed E-state index contributed by atoms with van der Waals surface area (Å²) >= 11 is 0. The Bertz CT molecular complexity index is 1120. The van der Waals surface area contributed by atoms with Crippen LogP contribution in [0.4, 0.5) is 13.2 Å². The van der Waals surface area contributed by atoms with Gasteiger partial charge in [0.2, 0.25) is 5.43 Å². The summed E-state index contributed by atoms with van der Waals surface area (Å²) in [5, 5.41) is 12.7. The highest BCUT2D eigenvalue weighted by Crippen LogP contribution is 2.35. The Balaban J connectivity index is 1.69. The van der Waals surface area contributed by atoms with Gasteiger partial charge in [-0.3, -0.25) is 14.4 Å². The Morgan fingerprint density at radius 1 is 1.23 bits per heavy atom. The molecular weight excluding hydrogens is 415 g/mol. The van der Waals surface area contributed by atoms with E-state index in [-0.39, 0.29) is 17.7 Å². The largest absolute Gasteiger partial charge is 0.503 e. The standard InChI is InChI=1S/C21H20F3N3O4/c1-10-3-2-4-26-9-16(10)27-8-13(18(28)19(29)17(27)21(26)31)20(30)25-7-12-14(23)5-11(22)6-15(12)24/h5-6,8,10,16,29H,2-4,7,9H2,1H3,(H,25,30)/t10-,16+/m0/s1. The third-order valence-corrected chi connectivity index (χ3v) is 5.99. The van der Waals surface area contributed by atoms with Crippen LogP contribution in [0, 0.1) is 23.4 Å². The summed E-state index contributed by atoms with van der Waals surface area (Å²) in [7, 11) is 0. The minimum Gasteiger partial charge on any atom is -0.503 e. The predicted octanol–water partition coefficient (Wildman–Crippen LogP) is 2.33. The lowest BCUT2D eigenvalue weighted by atomic mass is 9.95. The second kappa shape index (κ2) is 7.75. The van der Waals surface area contributed by atoms with Crippen molar-refractivity contribution < 1.29 is 27.9 Å². The SMILES string of the molecule is C[C@H]1CCCN2C[C@H]1n1cc(C(=O)NCc3c(F)cc(F)cc3F)c(=O)c(O)c1C2=O. The van der Waals surface area contributed by atoms with Crippen LogP contribution in [0.3, 0.4) is 0 Å². The average molecular weight is 435 g/mol. The highest BCUT2D eigenvalue weighted by Gasteiger charge is 2.38. The Kier molecular flexibility index (Phi) is 5.24. The quantitative estimate of drug-likeness (QED) is 0.774. The van der Waals surface area contributed by atoms with Gasteiger partial charge in [0.05, 0.1) is 6.04 Å². The summed E-state index contributed by atoms with van der Waals surface area (Å²) in [6.07, 6.45) is 2.82. The van der Waals surface area contributed by atoms with Gasteiger partial charge in [-0.1, -0.05) is 6.92 Å². The molecule has 0 aliphatic carbocycles. The van der Waals surface area contributed by atoms with E-state index >= 15 is 0 Å². The molecule has 2 aliphatic rings. The molecule has 1 fully saturated rings. The zero-order chi connectivity index (χ0) is 22.4. The van der Waals surface area contributed by atoms with E-state index in [0.717, 1.165) is 12.8 Å². The van der Waals surface area contributed by atoms with Crippen LogP contribution in [0.5, 0.6) is 5.75 Å². The predicted molar refractivity (Wildman–Crippen MR) is 103 cm³/mol. The maximum atomic E-state index is 13.8. The number of benzene rings is 1. The van der Waals surface area contributed by atoms with Crippen molar-refractivity contribution in [2.45, 2.75) is 32.4 Å². The third-order valence-electron chi connectivity index (χ3n) is 5.99. The molecule has 2 amide bonds. The van der Waals surface area contributed by atoms with Gasteiger partial charge in [-0.15, -0.1) is 0 Å². The summed E-state index contributed by atoms with van der Waals surface area (Å²) in [5.74, 6) is -5.63. The van der Waals surface area contributed by atoms with Crippen molar-refractivity contribution in [2.75, 3.05) is 13.1 Å². The minimum atomic E-state index is -1.18. The van der Waals surface area contributed by atoms with E-state index in [0.29, 0.717) is 25.2 Å². The molecule has 7 nitrogen and oxygen atoms in total. The molecule has 10 heteroatoms. The van der Waals surface area contributed by atoms with Gasteiger partial charge >= 0.3 is 0 Å². The van der Waals surface area contributed by atoms with E-state index in [4.69, 9.17) is 0 Å². The van der Waals surface area contributed by atoms with Gasteiger partial charge in [-0.25, -0.2) is 13.2 Å². The molecule has 3 heterocycles. The molecule has 0 unspecified atom stereocenters. The maximum absolute atomic E-state index is 13.8. The first kappa shape index (κ1) is 21.0. The Labute approximate surface area is 175 Å². The molecule has 31 heavy (non-hydrogen) atoms. The van der Waals surface area contributed by atoms with Crippen molar-refractivity contribution in [3.8, 4) is 5.75 Å². The number of hydrogen-bond donors (Lipinski definition) is 2. The molecule has 0 saturated carbocycles. The maximum Gasteiger partial charge on any atom is 0.274 e. The van der Waals surface area contributed by atoms with Crippen molar-refractivity contribution >= 4 is 11.8 Å². The zero-order valence-electron chi connectivity index (χ0n) is 16.6. The fraction of sp³-hybridized carbons (Fsp3) is 0.381. The van der Waals surface area contributed by atoms with Crippen LogP contribution in [0.25, 0.3) is 0 Å². The van der Waals surface area contributed by atoms with Gasteiger partial charge in [-0.05, 0) is 18.8 Å². The fourth-order valence-electron chi connectivity index (χ4n) is 4.25. The molecular formula is C21H20F3N3O4. The molecule has 164 valence electrons. The van der Waals surface area contributed by atoms with Crippen LogP contribution < -0.4 is 10.7 Å². The lowest BCUT2D eigenvalue weighted by Crippen LogP contribution is -2.45. The highest BCUT2D eigenvalue weighted by molar-refractivity contribution is 5.99. The second-order valence-corrected chi connectivity index (χ2v) is 7.95. The van der Waals surface area contributed by atoms with Crippen LogP contribution in [0.2, 0.25) is 0 Å². The van der Waals surface area contributed by atoms with Crippen molar-refractivity contribution in [1.82, 2.24) is 14.8 Å². The molecule has 2 N–H and O–H groups in total. The number of aromatic hydroxyl groups is 1. The normalized spacial score (nSPS) is 20.3. The van der Waals surface area contributed by atoms with Gasteiger partial charge in [0.25, 0.3) is 11.8 Å². The van der Waals surface area contributed by atoms with Crippen molar-refractivity contribution in [1.29, 1.82) is 0 Å². The second-order valence-electron chi connectivity index (χ2n) is 7.95. The van der Waals surface area contributed by atoms with Crippen LogP contribution in [0.1, 0.15) is 52.2 Å². The Morgan fingerprint density at radius 3 is 2.58 bits per heavy atom. The molecule has 1 aromatic carbocycles. The highest BCUT2D eigenvalue weighted by atomic mass is 19.1. The van der Waals surface area contributed by atoms with Crippen molar-refractivity contribution in [3.05, 3.63) is 62.8 Å². The van der Waals surface area contributed by atoms with E-state index in [1.807, 2.05) is 6.92 Å². The van der Waals surface area contributed by atoms with Crippen molar-refractivity contribution in [2.24, 2.45) is 5.92 Å². The summed E-state index contributed by atoms with van der Waals surface area (Å²) in [6, 6.07) is 0.726. The van der Waals surface area contributed by atoms with Gasteiger partial charge in [0.15, 0.2) is 11.4 Å². The third kappa shape index (κ3) is 3.55. The van der Waals surface area contributed by atoms with E-state index in [1.54, 1.807) is 4.90 Å². The first-order chi connectivity index (χ1) is 14.7. The van der Waals surface area contributed by atoms with Gasteiger partial charge < -0.3 is 19.9 Å². The Morgan fingerprint density at radius 2 is 1.90 bits per heavy atom. The molecule has 1 aromatic heterocycles. The number of aromatic nitrogens is 1.